The van der Waals surface area contributed by atoms with E-state index in [1.165, 1.54) is 31.2 Å². The highest BCUT2D eigenvalue weighted by molar-refractivity contribution is 6.30. The van der Waals surface area contributed by atoms with E-state index < -0.39 is 0 Å². The maximum absolute atomic E-state index is 6.24. The van der Waals surface area contributed by atoms with Crippen LogP contribution >= 0.6 is 11.6 Å². The van der Waals surface area contributed by atoms with Crippen molar-refractivity contribution >= 4 is 11.6 Å². The molecule has 0 amide bonds. The van der Waals surface area contributed by atoms with Crippen LogP contribution in [0.15, 0.2) is 24.3 Å². The molecule has 1 saturated carbocycles. The number of likely N-dealkylation sites (N-methyl/N-ethyl adjacent to an activating group) is 2. The van der Waals surface area contributed by atoms with Gasteiger partial charge in [0.05, 0.1) is 6.04 Å². The number of halogens is 1. The molecular formula is C18H29ClN2. The Morgan fingerprint density at radius 3 is 2.76 bits per heavy atom. The Hall–Kier alpha value is -0.570. The summed E-state index contributed by atoms with van der Waals surface area (Å²) in [6.07, 6.45) is 5.14. The number of hydrogen-bond donors (Lipinski definition) is 1. The molecule has 0 radical (unpaired) electrons. The molecule has 2 rings (SSSR count). The van der Waals surface area contributed by atoms with Crippen molar-refractivity contribution in [2.45, 2.75) is 51.1 Å². The average Bonchev–Trinajstić information content (AvgIpc) is 2.44. The van der Waals surface area contributed by atoms with Crippen LogP contribution in [0.4, 0.5) is 0 Å². The summed E-state index contributed by atoms with van der Waals surface area (Å²) in [5.41, 5.74) is 1.49. The maximum Gasteiger partial charge on any atom is 0.0507 e. The normalized spacial score (nSPS) is 27.8. The quantitative estimate of drug-likeness (QED) is 0.861. The predicted octanol–water partition coefficient (Wildman–Crippen LogP) is 4.50. The molecule has 1 aromatic carbocycles. The fourth-order valence-corrected chi connectivity index (χ4v) is 4.20. The van der Waals surface area contributed by atoms with Crippen LogP contribution in [-0.2, 0) is 0 Å². The van der Waals surface area contributed by atoms with Crippen LogP contribution in [-0.4, -0.2) is 31.1 Å². The van der Waals surface area contributed by atoms with Crippen LogP contribution in [0.25, 0.3) is 0 Å². The van der Waals surface area contributed by atoms with E-state index in [2.05, 4.69) is 56.4 Å². The van der Waals surface area contributed by atoms with E-state index in [9.17, 15) is 0 Å². The SMILES string of the molecule is CCNC(c1cccc(Cl)c1)C1(N(C)C)CCCC(C)C1. The molecule has 1 aromatic rings. The van der Waals surface area contributed by atoms with Crippen molar-refractivity contribution in [2.75, 3.05) is 20.6 Å². The summed E-state index contributed by atoms with van der Waals surface area (Å²) in [6, 6.07) is 8.69. The van der Waals surface area contributed by atoms with Crippen molar-refractivity contribution in [1.82, 2.24) is 10.2 Å². The van der Waals surface area contributed by atoms with Crippen LogP contribution < -0.4 is 5.32 Å². The zero-order chi connectivity index (χ0) is 15.5. The first-order valence-corrected chi connectivity index (χ1v) is 8.53. The van der Waals surface area contributed by atoms with Gasteiger partial charge >= 0.3 is 0 Å². The van der Waals surface area contributed by atoms with Crippen LogP contribution in [0.2, 0.25) is 5.02 Å². The summed E-state index contributed by atoms with van der Waals surface area (Å²) in [5, 5.41) is 4.57. The van der Waals surface area contributed by atoms with Crippen LogP contribution in [0.3, 0.4) is 0 Å². The standard InChI is InChI=1S/C18H29ClN2/c1-5-20-17(15-9-6-10-16(19)12-15)18(21(3)4)11-7-8-14(2)13-18/h6,9-10,12,14,17,20H,5,7-8,11,13H2,1-4H3. The van der Waals surface area contributed by atoms with E-state index >= 15 is 0 Å². The Labute approximate surface area is 134 Å². The highest BCUT2D eigenvalue weighted by Crippen LogP contribution is 2.44. The highest BCUT2D eigenvalue weighted by Gasteiger charge is 2.44. The summed E-state index contributed by atoms with van der Waals surface area (Å²) in [5.74, 6) is 0.779. The monoisotopic (exact) mass is 308 g/mol. The van der Waals surface area contributed by atoms with E-state index in [-0.39, 0.29) is 5.54 Å². The number of benzene rings is 1. The molecule has 0 aliphatic heterocycles. The Bertz CT molecular complexity index is 460. The summed E-state index contributed by atoms with van der Waals surface area (Å²) >= 11 is 6.24. The molecule has 0 spiro atoms. The van der Waals surface area contributed by atoms with Crippen molar-refractivity contribution in [2.24, 2.45) is 5.92 Å². The van der Waals surface area contributed by atoms with Crippen LogP contribution in [0, 0.1) is 5.92 Å². The molecule has 1 aliphatic rings. The Morgan fingerprint density at radius 1 is 1.43 bits per heavy atom. The van der Waals surface area contributed by atoms with E-state index in [0.29, 0.717) is 6.04 Å². The molecule has 0 saturated heterocycles. The number of rotatable bonds is 5. The largest absolute Gasteiger partial charge is 0.309 e. The summed E-state index contributed by atoms with van der Waals surface area (Å²) < 4.78 is 0. The van der Waals surface area contributed by atoms with Gasteiger partial charge in [-0.2, -0.15) is 0 Å². The summed E-state index contributed by atoms with van der Waals surface area (Å²) in [6.45, 7) is 5.55. The third kappa shape index (κ3) is 3.61. The molecule has 21 heavy (non-hydrogen) atoms. The third-order valence-electron chi connectivity index (χ3n) is 5.03. The number of nitrogens with one attached hydrogen (secondary N) is 1. The van der Waals surface area contributed by atoms with Gasteiger partial charge in [0.15, 0.2) is 0 Å². The van der Waals surface area contributed by atoms with E-state index in [1.807, 2.05) is 6.07 Å². The lowest BCUT2D eigenvalue weighted by atomic mass is 9.69. The van der Waals surface area contributed by atoms with E-state index in [4.69, 9.17) is 11.6 Å². The van der Waals surface area contributed by atoms with Crippen molar-refractivity contribution in [3.63, 3.8) is 0 Å². The van der Waals surface area contributed by atoms with Gasteiger partial charge in [-0.3, -0.25) is 0 Å². The maximum atomic E-state index is 6.24. The lowest BCUT2D eigenvalue weighted by Gasteiger charge is -2.50. The molecule has 2 nitrogen and oxygen atoms in total. The van der Waals surface area contributed by atoms with Gasteiger partial charge in [0, 0.05) is 10.6 Å². The number of hydrogen-bond acceptors (Lipinski definition) is 2. The summed E-state index contributed by atoms with van der Waals surface area (Å²) in [7, 11) is 4.46. The molecule has 0 aromatic heterocycles. The Morgan fingerprint density at radius 2 is 2.19 bits per heavy atom. The van der Waals surface area contributed by atoms with Crippen molar-refractivity contribution in [1.29, 1.82) is 0 Å². The topological polar surface area (TPSA) is 15.3 Å². The first kappa shape index (κ1) is 16.8. The molecule has 118 valence electrons. The highest BCUT2D eigenvalue weighted by atomic mass is 35.5. The zero-order valence-corrected chi connectivity index (χ0v) is 14.6. The van der Waals surface area contributed by atoms with E-state index in [1.54, 1.807) is 0 Å². The first-order valence-electron chi connectivity index (χ1n) is 8.16. The second kappa shape index (κ2) is 7.13. The van der Waals surface area contributed by atoms with Gasteiger partial charge in [0.25, 0.3) is 0 Å². The second-order valence-electron chi connectivity index (χ2n) is 6.75. The minimum atomic E-state index is 0.179. The first-order chi connectivity index (χ1) is 9.99. The smallest absolute Gasteiger partial charge is 0.0507 e. The van der Waals surface area contributed by atoms with Crippen LogP contribution in [0.5, 0.6) is 0 Å². The average molecular weight is 309 g/mol. The molecule has 0 bridgehead atoms. The lowest BCUT2D eigenvalue weighted by molar-refractivity contribution is 0.0372. The van der Waals surface area contributed by atoms with E-state index in [0.717, 1.165) is 17.5 Å². The molecule has 1 N–H and O–H groups in total. The van der Waals surface area contributed by atoms with Gasteiger partial charge in [-0.1, -0.05) is 50.4 Å². The molecule has 0 heterocycles. The fraction of sp³-hybridized carbons (Fsp3) is 0.667. The van der Waals surface area contributed by atoms with Crippen molar-refractivity contribution in [3.8, 4) is 0 Å². The minimum absolute atomic E-state index is 0.179. The van der Waals surface area contributed by atoms with Crippen molar-refractivity contribution in [3.05, 3.63) is 34.9 Å². The molecule has 3 atom stereocenters. The van der Waals surface area contributed by atoms with Gasteiger partial charge in [0.1, 0.15) is 0 Å². The van der Waals surface area contributed by atoms with Gasteiger partial charge in [0.2, 0.25) is 0 Å². The molecule has 1 fully saturated rings. The molecular weight excluding hydrogens is 280 g/mol. The van der Waals surface area contributed by atoms with Crippen molar-refractivity contribution < 1.29 is 0 Å². The lowest BCUT2D eigenvalue weighted by Crippen LogP contribution is -2.56. The molecule has 3 unspecified atom stereocenters. The minimum Gasteiger partial charge on any atom is -0.309 e. The van der Waals surface area contributed by atoms with Gasteiger partial charge < -0.3 is 10.2 Å². The Balaban J connectivity index is 2.41. The fourth-order valence-electron chi connectivity index (χ4n) is 4.00. The second-order valence-corrected chi connectivity index (χ2v) is 7.18. The molecule has 3 heteroatoms. The zero-order valence-electron chi connectivity index (χ0n) is 13.8. The predicted molar refractivity (Wildman–Crippen MR) is 91.9 cm³/mol. The van der Waals surface area contributed by atoms with Crippen LogP contribution in [0.1, 0.15) is 51.1 Å². The van der Waals surface area contributed by atoms with Gasteiger partial charge in [-0.05, 0) is 57.1 Å². The van der Waals surface area contributed by atoms with Gasteiger partial charge in [-0.25, -0.2) is 0 Å². The summed E-state index contributed by atoms with van der Waals surface area (Å²) in [4.78, 5) is 2.44. The third-order valence-corrected chi connectivity index (χ3v) is 5.26. The number of nitrogens with zero attached hydrogens (tertiary/aromatic N) is 1. The molecule has 1 aliphatic carbocycles. The van der Waals surface area contributed by atoms with Gasteiger partial charge in [-0.15, -0.1) is 0 Å². The Kier molecular flexibility index (Phi) is 5.70.